The molecule has 3 aromatic rings. The maximum atomic E-state index is 12.7. The average Bonchev–Trinajstić information content (AvgIpc) is 2.62. The molecule has 0 aliphatic carbocycles. The van der Waals surface area contributed by atoms with Gasteiger partial charge in [-0.3, -0.25) is 9.36 Å². The summed E-state index contributed by atoms with van der Waals surface area (Å²) in [4.78, 5) is 29.5. The number of hydrogen-bond donors (Lipinski definition) is 2. The molecule has 0 saturated heterocycles. The Morgan fingerprint density at radius 3 is 2.69 bits per heavy atom. The maximum absolute atomic E-state index is 12.7. The summed E-state index contributed by atoms with van der Waals surface area (Å²) >= 11 is 5.91. The lowest BCUT2D eigenvalue weighted by Crippen LogP contribution is -2.28. The van der Waals surface area contributed by atoms with Crippen molar-refractivity contribution in [1.29, 1.82) is 0 Å². The van der Waals surface area contributed by atoms with Crippen molar-refractivity contribution in [1.82, 2.24) is 9.55 Å². The van der Waals surface area contributed by atoms with Crippen LogP contribution in [0.3, 0.4) is 0 Å². The van der Waals surface area contributed by atoms with Crippen LogP contribution in [0.2, 0.25) is 5.02 Å². The van der Waals surface area contributed by atoms with Gasteiger partial charge in [0, 0.05) is 29.4 Å². The second-order valence-electron chi connectivity index (χ2n) is 6.26. The Morgan fingerprint density at radius 2 is 1.88 bits per heavy atom. The molecule has 2 heterocycles. The zero-order valence-electron chi connectivity index (χ0n) is 14.0. The first-order valence-electron chi connectivity index (χ1n) is 8.47. The van der Waals surface area contributed by atoms with Gasteiger partial charge in [-0.25, -0.2) is 9.78 Å². The average molecular weight is 369 g/mol. The lowest BCUT2D eigenvalue weighted by atomic mass is 10.1. The van der Waals surface area contributed by atoms with Crippen LogP contribution >= 0.6 is 11.6 Å². The van der Waals surface area contributed by atoms with Gasteiger partial charge in [-0.15, -0.1) is 0 Å². The van der Waals surface area contributed by atoms with Crippen LogP contribution in [0, 0.1) is 0 Å². The predicted octanol–water partition coefficient (Wildman–Crippen LogP) is 4.03. The van der Waals surface area contributed by atoms with E-state index in [0.29, 0.717) is 33.8 Å². The number of fused-ring (bicyclic) bond motifs is 2. The molecule has 0 atom stereocenters. The quantitative estimate of drug-likeness (QED) is 0.717. The van der Waals surface area contributed by atoms with Crippen molar-refractivity contribution in [3.8, 4) is 0 Å². The van der Waals surface area contributed by atoms with Gasteiger partial charge in [-0.2, -0.15) is 0 Å². The zero-order chi connectivity index (χ0) is 18.1. The maximum Gasteiger partial charge on any atom is 0.323 e. The summed E-state index contributed by atoms with van der Waals surface area (Å²) in [5.41, 5.74) is 1.73. The number of nitrogens with zero attached hydrogens (tertiary/aromatic N) is 2. The van der Waals surface area contributed by atoms with Crippen LogP contribution in [0.1, 0.15) is 18.7 Å². The van der Waals surface area contributed by atoms with Gasteiger partial charge >= 0.3 is 6.03 Å². The fraction of sp³-hybridized carbons (Fsp3) is 0.211. The molecule has 0 spiro atoms. The monoisotopic (exact) mass is 368 g/mol. The molecule has 2 amide bonds. The predicted molar refractivity (Wildman–Crippen MR) is 103 cm³/mol. The Labute approximate surface area is 154 Å². The van der Waals surface area contributed by atoms with Crippen LogP contribution in [-0.4, -0.2) is 15.6 Å². The molecular weight excluding hydrogens is 352 g/mol. The molecule has 0 unspecified atom stereocenters. The number of aryl methyl sites for hydroxylation is 1. The van der Waals surface area contributed by atoms with Gasteiger partial charge < -0.3 is 10.6 Å². The summed E-state index contributed by atoms with van der Waals surface area (Å²) < 4.78 is 1.74. The summed E-state index contributed by atoms with van der Waals surface area (Å²) in [6, 6.07) is 11.7. The molecular formula is C19H17ClN4O2. The van der Waals surface area contributed by atoms with Gasteiger partial charge in [0.1, 0.15) is 5.82 Å². The lowest BCUT2D eigenvalue weighted by Gasteiger charge is -2.18. The van der Waals surface area contributed by atoms with Crippen LogP contribution < -0.4 is 16.2 Å². The van der Waals surface area contributed by atoms with E-state index in [1.54, 1.807) is 47.0 Å². The minimum Gasteiger partial charge on any atom is -0.308 e. The van der Waals surface area contributed by atoms with Crippen LogP contribution in [0.15, 0.2) is 47.3 Å². The Balaban J connectivity index is 1.60. The Hall–Kier alpha value is -2.86. The third-order valence-corrected chi connectivity index (χ3v) is 4.64. The van der Waals surface area contributed by atoms with Crippen molar-refractivity contribution < 1.29 is 4.79 Å². The standard InChI is InChI=1S/C19H17ClN4O2/c20-12-4-3-5-13(10-12)21-19(26)22-14-7-8-16-15(11-14)18(25)24-9-2-1-6-17(24)23-16/h3-5,7-8,10-11H,1-2,6,9H2,(H2,21,22,26). The number of rotatable bonds is 2. The summed E-state index contributed by atoms with van der Waals surface area (Å²) in [5, 5.41) is 6.50. The Bertz CT molecular complexity index is 1060. The van der Waals surface area contributed by atoms with Crippen LogP contribution in [0.4, 0.5) is 16.2 Å². The van der Waals surface area contributed by atoms with Crippen molar-refractivity contribution in [3.05, 3.63) is 63.7 Å². The second kappa shape index (κ2) is 6.80. The topological polar surface area (TPSA) is 76.0 Å². The van der Waals surface area contributed by atoms with E-state index in [1.165, 1.54) is 0 Å². The minimum atomic E-state index is -0.405. The highest BCUT2D eigenvalue weighted by Crippen LogP contribution is 2.19. The Morgan fingerprint density at radius 1 is 1.08 bits per heavy atom. The van der Waals surface area contributed by atoms with E-state index in [1.807, 2.05) is 0 Å². The molecule has 26 heavy (non-hydrogen) atoms. The Kier molecular flexibility index (Phi) is 4.34. The van der Waals surface area contributed by atoms with Gasteiger partial charge in [-0.1, -0.05) is 17.7 Å². The van der Waals surface area contributed by atoms with Crippen molar-refractivity contribution in [3.63, 3.8) is 0 Å². The number of carbonyl (C=O) groups excluding carboxylic acids is 1. The van der Waals surface area contributed by atoms with E-state index in [4.69, 9.17) is 11.6 Å². The number of anilines is 2. The SMILES string of the molecule is O=C(Nc1cccc(Cl)c1)Nc1ccc2nc3n(c(=O)c2c1)CCCC3. The summed E-state index contributed by atoms with van der Waals surface area (Å²) in [6.07, 6.45) is 2.87. The number of benzene rings is 2. The largest absolute Gasteiger partial charge is 0.323 e. The van der Waals surface area contributed by atoms with Crippen LogP contribution in [0.25, 0.3) is 10.9 Å². The number of urea groups is 1. The number of nitrogens with one attached hydrogen (secondary N) is 2. The van der Waals surface area contributed by atoms with Gasteiger partial charge in [0.25, 0.3) is 5.56 Å². The van der Waals surface area contributed by atoms with Crippen molar-refractivity contribution in [2.45, 2.75) is 25.8 Å². The first-order chi connectivity index (χ1) is 12.6. The lowest BCUT2D eigenvalue weighted by molar-refractivity contribution is 0.262. The molecule has 2 N–H and O–H groups in total. The highest BCUT2D eigenvalue weighted by atomic mass is 35.5. The van der Waals surface area contributed by atoms with E-state index >= 15 is 0 Å². The summed E-state index contributed by atoms with van der Waals surface area (Å²) in [6.45, 7) is 0.698. The van der Waals surface area contributed by atoms with Gasteiger partial charge in [-0.05, 0) is 49.2 Å². The highest BCUT2D eigenvalue weighted by molar-refractivity contribution is 6.30. The molecule has 132 valence electrons. The van der Waals surface area contributed by atoms with Crippen molar-refractivity contribution >= 4 is 39.9 Å². The molecule has 4 rings (SSSR count). The molecule has 0 fully saturated rings. The number of carbonyl (C=O) groups is 1. The van der Waals surface area contributed by atoms with E-state index in [-0.39, 0.29) is 5.56 Å². The third-order valence-electron chi connectivity index (χ3n) is 4.41. The number of hydrogen-bond acceptors (Lipinski definition) is 3. The molecule has 1 aromatic heterocycles. The molecule has 0 saturated carbocycles. The van der Waals surface area contributed by atoms with Crippen LogP contribution in [-0.2, 0) is 13.0 Å². The number of halogens is 1. The number of amides is 2. The van der Waals surface area contributed by atoms with E-state index in [2.05, 4.69) is 15.6 Å². The molecule has 6 nitrogen and oxygen atoms in total. The molecule has 0 radical (unpaired) electrons. The van der Waals surface area contributed by atoms with E-state index in [0.717, 1.165) is 25.1 Å². The number of aromatic nitrogens is 2. The first-order valence-corrected chi connectivity index (χ1v) is 8.85. The summed E-state index contributed by atoms with van der Waals surface area (Å²) in [5.74, 6) is 0.841. The fourth-order valence-corrected chi connectivity index (χ4v) is 3.37. The molecule has 7 heteroatoms. The van der Waals surface area contributed by atoms with E-state index < -0.39 is 6.03 Å². The van der Waals surface area contributed by atoms with Crippen molar-refractivity contribution in [2.75, 3.05) is 10.6 Å². The highest BCUT2D eigenvalue weighted by Gasteiger charge is 2.15. The third kappa shape index (κ3) is 3.28. The van der Waals surface area contributed by atoms with E-state index in [9.17, 15) is 9.59 Å². The van der Waals surface area contributed by atoms with Gasteiger partial charge in [0.15, 0.2) is 0 Å². The molecule has 1 aliphatic heterocycles. The summed E-state index contributed by atoms with van der Waals surface area (Å²) in [7, 11) is 0. The van der Waals surface area contributed by atoms with Gasteiger partial charge in [0.05, 0.1) is 10.9 Å². The van der Waals surface area contributed by atoms with Crippen molar-refractivity contribution in [2.24, 2.45) is 0 Å². The zero-order valence-corrected chi connectivity index (χ0v) is 14.7. The first kappa shape index (κ1) is 16.6. The van der Waals surface area contributed by atoms with Gasteiger partial charge in [0.2, 0.25) is 0 Å². The second-order valence-corrected chi connectivity index (χ2v) is 6.70. The minimum absolute atomic E-state index is 0.0522. The molecule has 2 aromatic carbocycles. The smallest absolute Gasteiger partial charge is 0.308 e. The molecule has 1 aliphatic rings. The normalized spacial score (nSPS) is 13.3. The fourth-order valence-electron chi connectivity index (χ4n) is 3.18. The van der Waals surface area contributed by atoms with Crippen LogP contribution in [0.5, 0.6) is 0 Å². The molecule has 0 bridgehead atoms.